The standard InChI is InChI=1S/C33H58N6O7S/c1-10-15-24(26(40)29(42)34-19-11-2)36-28(41)25-23(22(3)4)16-20-39(25)30(43)27(32(5,6)7)37-31(44)35-21-33(17-13-12-14-18-33)38(8)47(9,45)46/h11,22-25,27H,2,10,12-21H2,1,3-9H3,(H,34,42)(H,36,41)(H2,35,37,44)/t23-,24?,25+,27-/m1/s1. The second kappa shape index (κ2) is 16.9. The van der Waals surface area contributed by atoms with Gasteiger partial charge in [0, 0.05) is 26.7 Å². The van der Waals surface area contributed by atoms with Gasteiger partial charge in [-0.3, -0.25) is 19.2 Å². The molecule has 1 saturated carbocycles. The Kier molecular flexibility index (Phi) is 14.4. The zero-order chi connectivity index (χ0) is 35.7. The van der Waals surface area contributed by atoms with Crippen molar-refractivity contribution in [2.24, 2.45) is 17.3 Å². The number of carbonyl (C=O) groups excluding carboxylic acids is 5. The fraction of sp³-hybridized carbons (Fsp3) is 0.788. The van der Waals surface area contributed by atoms with E-state index < -0.39 is 68.6 Å². The van der Waals surface area contributed by atoms with Gasteiger partial charge in [0.2, 0.25) is 27.6 Å². The van der Waals surface area contributed by atoms with E-state index in [0.29, 0.717) is 25.7 Å². The van der Waals surface area contributed by atoms with Crippen LogP contribution < -0.4 is 21.3 Å². The molecule has 0 aromatic heterocycles. The van der Waals surface area contributed by atoms with E-state index >= 15 is 0 Å². The highest BCUT2D eigenvalue weighted by Crippen LogP contribution is 2.35. The lowest BCUT2D eigenvalue weighted by Crippen LogP contribution is -2.62. The Morgan fingerprint density at radius 2 is 1.66 bits per heavy atom. The Morgan fingerprint density at radius 1 is 1.04 bits per heavy atom. The molecule has 5 amide bonds. The number of sulfonamides is 1. The highest BCUT2D eigenvalue weighted by atomic mass is 32.2. The lowest BCUT2D eigenvalue weighted by atomic mass is 9.81. The van der Waals surface area contributed by atoms with Crippen LogP contribution >= 0.6 is 0 Å². The van der Waals surface area contributed by atoms with Crippen LogP contribution in [0.5, 0.6) is 0 Å². The first-order chi connectivity index (χ1) is 21.8. The molecule has 1 unspecified atom stereocenters. The van der Waals surface area contributed by atoms with Gasteiger partial charge in [0.1, 0.15) is 12.1 Å². The summed E-state index contributed by atoms with van der Waals surface area (Å²) in [6.45, 7) is 15.3. The molecular weight excluding hydrogens is 624 g/mol. The molecule has 1 saturated heterocycles. The largest absolute Gasteiger partial charge is 0.346 e. The fourth-order valence-electron chi connectivity index (χ4n) is 6.73. The van der Waals surface area contributed by atoms with Gasteiger partial charge in [0.05, 0.1) is 17.8 Å². The summed E-state index contributed by atoms with van der Waals surface area (Å²) in [6.07, 6.45) is 7.84. The summed E-state index contributed by atoms with van der Waals surface area (Å²) in [5, 5.41) is 10.9. The molecule has 0 aromatic carbocycles. The third-order valence-electron chi connectivity index (χ3n) is 9.61. The first kappa shape index (κ1) is 40.2. The van der Waals surface area contributed by atoms with Gasteiger partial charge in [0.25, 0.3) is 5.91 Å². The number of amides is 5. The molecule has 0 bridgehead atoms. The SMILES string of the molecule is C=CCNC(=O)C(=O)C(CCC)NC(=O)[C@@H]1[C@@H](C(C)C)CCN1C(=O)[C@@H](NC(=O)NCC1(N(C)S(C)(=O)=O)CCCCC1)C(C)(C)C. The molecule has 2 fully saturated rings. The quantitative estimate of drug-likeness (QED) is 0.152. The van der Waals surface area contributed by atoms with Crippen molar-refractivity contribution in [3.05, 3.63) is 12.7 Å². The Hall–Kier alpha value is -3.00. The number of rotatable bonds is 15. The average Bonchev–Trinajstić information content (AvgIpc) is 3.45. The van der Waals surface area contributed by atoms with Crippen LogP contribution in [0.2, 0.25) is 0 Å². The number of hydrogen-bond acceptors (Lipinski definition) is 7. The predicted molar refractivity (Wildman–Crippen MR) is 182 cm³/mol. The average molecular weight is 683 g/mol. The summed E-state index contributed by atoms with van der Waals surface area (Å²) in [5.74, 6) is -2.70. The number of carbonyl (C=O) groups is 5. The summed E-state index contributed by atoms with van der Waals surface area (Å²) < 4.78 is 26.3. The van der Waals surface area contributed by atoms with Gasteiger partial charge >= 0.3 is 6.03 Å². The molecule has 2 rings (SSSR count). The predicted octanol–water partition coefficient (Wildman–Crippen LogP) is 2.32. The van der Waals surface area contributed by atoms with E-state index in [1.807, 2.05) is 41.5 Å². The first-order valence-corrected chi connectivity index (χ1v) is 18.7. The van der Waals surface area contributed by atoms with Crippen LogP contribution in [0.25, 0.3) is 0 Å². The Balaban J connectivity index is 2.30. The zero-order valence-electron chi connectivity index (χ0n) is 29.6. The zero-order valence-corrected chi connectivity index (χ0v) is 30.4. The molecule has 4 atom stereocenters. The van der Waals surface area contributed by atoms with Gasteiger partial charge in [-0.1, -0.05) is 73.3 Å². The lowest BCUT2D eigenvalue weighted by molar-refractivity contribution is -0.144. The molecule has 13 nitrogen and oxygen atoms in total. The summed E-state index contributed by atoms with van der Waals surface area (Å²) in [5.41, 5.74) is -1.51. The van der Waals surface area contributed by atoms with Crippen molar-refractivity contribution in [2.45, 2.75) is 117 Å². The molecular formula is C33H58N6O7S. The number of nitrogens with one attached hydrogen (secondary N) is 4. The molecule has 1 heterocycles. The second-order valence-corrected chi connectivity index (χ2v) is 16.5. The summed E-state index contributed by atoms with van der Waals surface area (Å²) >= 11 is 0. The maximum atomic E-state index is 14.3. The number of Topliss-reactive ketones (excluding diaryl/α,β-unsaturated/α-hetero) is 1. The van der Waals surface area contributed by atoms with Gasteiger partial charge in [-0.15, -0.1) is 6.58 Å². The number of likely N-dealkylation sites (tertiary alicyclic amines) is 1. The van der Waals surface area contributed by atoms with E-state index in [2.05, 4.69) is 27.8 Å². The number of likely N-dealkylation sites (N-methyl/N-ethyl adjacent to an activating group) is 1. The van der Waals surface area contributed by atoms with E-state index in [1.165, 1.54) is 22.3 Å². The van der Waals surface area contributed by atoms with Gasteiger partial charge in [0.15, 0.2) is 0 Å². The van der Waals surface area contributed by atoms with E-state index in [-0.39, 0.29) is 37.9 Å². The van der Waals surface area contributed by atoms with Crippen molar-refractivity contribution in [3.63, 3.8) is 0 Å². The van der Waals surface area contributed by atoms with Gasteiger partial charge in [-0.05, 0) is 42.9 Å². The van der Waals surface area contributed by atoms with Crippen molar-refractivity contribution < 1.29 is 32.4 Å². The topological polar surface area (TPSA) is 174 Å². The molecule has 0 aromatic rings. The Labute approximate surface area is 281 Å². The highest BCUT2D eigenvalue weighted by molar-refractivity contribution is 7.88. The number of urea groups is 1. The number of hydrogen-bond donors (Lipinski definition) is 4. The van der Waals surface area contributed by atoms with Crippen LogP contribution in [0, 0.1) is 17.3 Å². The third kappa shape index (κ3) is 10.5. The lowest BCUT2D eigenvalue weighted by Gasteiger charge is -2.43. The second-order valence-electron chi connectivity index (χ2n) is 14.5. The molecule has 4 N–H and O–H groups in total. The maximum Gasteiger partial charge on any atom is 0.315 e. The molecule has 268 valence electrons. The first-order valence-electron chi connectivity index (χ1n) is 16.8. The van der Waals surface area contributed by atoms with Crippen molar-refractivity contribution in [3.8, 4) is 0 Å². The van der Waals surface area contributed by atoms with Crippen LogP contribution in [0.3, 0.4) is 0 Å². The minimum atomic E-state index is -3.52. The van der Waals surface area contributed by atoms with Gasteiger partial charge < -0.3 is 26.2 Å². The van der Waals surface area contributed by atoms with Crippen LogP contribution in [0.1, 0.15) is 92.9 Å². The van der Waals surface area contributed by atoms with Gasteiger partial charge in [-0.25, -0.2) is 13.2 Å². The summed E-state index contributed by atoms with van der Waals surface area (Å²) in [6, 6.07) is -3.59. The molecule has 1 aliphatic heterocycles. The van der Waals surface area contributed by atoms with Crippen molar-refractivity contribution >= 4 is 39.6 Å². The minimum absolute atomic E-state index is 0.0302. The monoisotopic (exact) mass is 682 g/mol. The smallest absolute Gasteiger partial charge is 0.315 e. The van der Waals surface area contributed by atoms with Crippen LogP contribution in [-0.2, 0) is 29.2 Å². The Morgan fingerprint density at radius 3 is 2.17 bits per heavy atom. The van der Waals surface area contributed by atoms with Crippen molar-refractivity contribution in [1.82, 2.24) is 30.5 Å². The van der Waals surface area contributed by atoms with E-state index in [9.17, 15) is 32.4 Å². The molecule has 2 aliphatic rings. The molecule has 14 heteroatoms. The van der Waals surface area contributed by atoms with E-state index in [4.69, 9.17) is 0 Å². The van der Waals surface area contributed by atoms with Crippen molar-refractivity contribution in [2.75, 3.05) is 32.9 Å². The van der Waals surface area contributed by atoms with Crippen LogP contribution in [0.15, 0.2) is 12.7 Å². The molecule has 0 radical (unpaired) electrons. The van der Waals surface area contributed by atoms with Crippen LogP contribution in [-0.4, -0.2) is 104 Å². The number of nitrogens with zero attached hydrogens (tertiary/aromatic N) is 2. The number of ketones is 1. The molecule has 47 heavy (non-hydrogen) atoms. The summed E-state index contributed by atoms with van der Waals surface area (Å²) in [7, 11) is -1.98. The van der Waals surface area contributed by atoms with E-state index in [1.54, 1.807) is 0 Å². The highest BCUT2D eigenvalue weighted by Gasteiger charge is 2.48. The summed E-state index contributed by atoms with van der Waals surface area (Å²) in [4.78, 5) is 68.4. The molecule has 1 aliphatic carbocycles. The molecule has 0 spiro atoms. The van der Waals surface area contributed by atoms with Crippen molar-refractivity contribution in [1.29, 1.82) is 0 Å². The normalized spacial score (nSPS) is 21.1. The fourth-order valence-corrected chi connectivity index (χ4v) is 7.68. The third-order valence-corrected chi connectivity index (χ3v) is 11.0. The Bertz CT molecular complexity index is 1260. The van der Waals surface area contributed by atoms with Gasteiger partial charge in [-0.2, -0.15) is 4.31 Å². The van der Waals surface area contributed by atoms with Crippen LogP contribution in [0.4, 0.5) is 4.79 Å². The minimum Gasteiger partial charge on any atom is -0.346 e. The van der Waals surface area contributed by atoms with E-state index in [0.717, 1.165) is 25.5 Å². The maximum absolute atomic E-state index is 14.3.